The minimum absolute atomic E-state index is 0.0534. The largest absolute Gasteiger partial charge is 0.480 e. The topological polar surface area (TPSA) is 83.6 Å². The van der Waals surface area contributed by atoms with Crippen LogP contribution in [0.2, 0.25) is 0 Å². The van der Waals surface area contributed by atoms with Crippen molar-refractivity contribution < 1.29 is 27.9 Å². The lowest BCUT2D eigenvalue weighted by Gasteiger charge is -2.36. The van der Waals surface area contributed by atoms with Gasteiger partial charge >= 0.3 is 12.1 Å². The van der Waals surface area contributed by atoms with E-state index in [-0.39, 0.29) is 11.7 Å². The number of carbonyl (C=O) groups is 2. The van der Waals surface area contributed by atoms with E-state index >= 15 is 0 Å². The molecule has 1 aliphatic rings. The fourth-order valence-electron chi connectivity index (χ4n) is 1.88. The Morgan fingerprint density at radius 3 is 2.25 bits per heavy atom. The maximum atomic E-state index is 12.9. The standard InChI is InChI=1S/C11H17F3N2O3S/c1-5(2)7-16(6(4-20-7)8(17)18)9(19)10(3,15)11(12,13)14/h5-7H,4,15H2,1-3H3,(H,17,18). The summed E-state index contributed by atoms with van der Waals surface area (Å²) in [6, 6.07) is -1.29. The Labute approximate surface area is 118 Å². The molecule has 0 spiro atoms. The molecule has 3 N–H and O–H groups in total. The molecule has 0 aromatic carbocycles. The van der Waals surface area contributed by atoms with Crippen molar-refractivity contribution in [2.75, 3.05) is 5.75 Å². The van der Waals surface area contributed by atoms with E-state index in [0.29, 0.717) is 6.92 Å². The maximum Gasteiger partial charge on any atom is 0.415 e. The molecule has 20 heavy (non-hydrogen) atoms. The second-order valence-corrected chi connectivity index (χ2v) is 6.38. The number of alkyl halides is 3. The molecular formula is C11H17F3N2O3S. The molecule has 1 rings (SSSR count). The van der Waals surface area contributed by atoms with E-state index in [0.717, 1.165) is 16.7 Å². The van der Waals surface area contributed by atoms with Gasteiger partial charge in [-0.15, -0.1) is 11.8 Å². The van der Waals surface area contributed by atoms with Gasteiger partial charge in [-0.1, -0.05) is 13.8 Å². The van der Waals surface area contributed by atoms with E-state index in [1.165, 1.54) is 0 Å². The summed E-state index contributed by atoms with van der Waals surface area (Å²) in [5.74, 6) is -2.86. The molecule has 3 unspecified atom stereocenters. The Hall–Kier alpha value is -0.960. The monoisotopic (exact) mass is 314 g/mol. The second kappa shape index (κ2) is 5.44. The fraction of sp³-hybridized carbons (Fsp3) is 0.818. The zero-order chi connectivity index (χ0) is 15.9. The number of rotatable bonds is 3. The highest BCUT2D eigenvalue weighted by molar-refractivity contribution is 8.00. The zero-order valence-electron chi connectivity index (χ0n) is 11.3. The number of nitrogens with zero attached hydrogens (tertiary/aromatic N) is 1. The van der Waals surface area contributed by atoms with Crippen LogP contribution in [0.1, 0.15) is 20.8 Å². The molecule has 1 heterocycles. The summed E-state index contributed by atoms with van der Waals surface area (Å²) in [5, 5.41) is 8.44. The first kappa shape index (κ1) is 17.1. The Balaban J connectivity index is 3.16. The molecule has 1 amide bonds. The van der Waals surface area contributed by atoms with E-state index in [2.05, 4.69) is 0 Å². The number of carbonyl (C=O) groups excluding carboxylic acids is 1. The third-order valence-electron chi connectivity index (χ3n) is 3.16. The molecular weight excluding hydrogens is 297 g/mol. The highest BCUT2D eigenvalue weighted by atomic mass is 32.2. The highest BCUT2D eigenvalue weighted by Gasteiger charge is 2.58. The van der Waals surface area contributed by atoms with Crippen LogP contribution < -0.4 is 5.73 Å². The maximum absolute atomic E-state index is 12.9. The van der Waals surface area contributed by atoms with Gasteiger partial charge in [0.05, 0.1) is 5.37 Å². The predicted molar refractivity (Wildman–Crippen MR) is 68.0 cm³/mol. The highest BCUT2D eigenvalue weighted by Crippen LogP contribution is 2.38. The van der Waals surface area contributed by atoms with Crippen molar-refractivity contribution >= 4 is 23.6 Å². The number of aliphatic carboxylic acids is 1. The molecule has 3 atom stereocenters. The summed E-state index contributed by atoms with van der Waals surface area (Å²) in [6.07, 6.45) is -4.94. The van der Waals surface area contributed by atoms with Crippen molar-refractivity contribution in [3.63, 3.8) is 0 Å². The molecule has 9 heteroatoms. The predicted octanol–water partition coefficient (Wildman–Crippen LogP) is 1.28. The number of carboxylic acid groups (broad SMARTS) is 1. The third kappa shape index (κ3) is 2.88. The molecule has 0 aliphatic carbocycles. The second-order valence-electron chi connectivity index (χ2n) is 5.23. The number of hydrogen-bond acceptors (Lipinski definition) is 4. The summed E-state index contributed by atoms with van der Waals surface area (Å²) in [7, 11) is 0. The first-order valence-corrected chi connectivity index (χ1v) is 6.99. The van der Waals surface area contributed by atoms with Crippen molar-refractivity contribution in [1.29, 1.82) is 0 Å². The molecule has 5 nitrogen and oxygen atoms in total. The van der Waals surface area contributed by atoms with Gasteiger partial charge in [0.1, 0.15) is 6.04 Å². The van der Waals surface area contributed by atoms with E-state index in [1.54, 1.807) is 13.8 Å². The Morgan fingerprint density at radius 1 is 1.40 bits per heavy atom. The first-order valence-electron chi connectivity index (χ1n) is 5.94. The molecule has 0 bridgehead atoms. The number of nitrogens with two attached hydrogens (primary N) is 1. The van der Waals surface area contributed by atoms with Crippen LogP contribution in [0.15, 0.2) is 0 Å². The van der Waals surface area contributed by atoms with E-state index in [1.807, 2.05) is 0 Å². The quantitative estimate of drug-likeness (QED) is 0.820. The first-order chi connectivity index (χ1) is 8.91. The number of amides is 1. The smallest absolute Gasteiger partial charge is 0.415 e. The molecule has 1 fully saturated rings. The Kier molecular flexibility index (Phi) is 4.65. The number of halogens is 3. The van der Waals surface area contributed by atoms with Crippen LogP contribution >= 0.6 is 11.8 Å². The van der Waals surface area contributed by atoms with Crippen LogP contribution in [-0.4, -0.2) is 50.8 Å². The Morgan fingerprint density at radius 2 is 1.90 bits per heavy atom. The van der Waals surface area contributed by atoms with Crippen molar-refractivity contribution in [3.05, 3.63) is 0 Å². The van der Waals surface area contributed by atoms with Crippen LogP contribution in [0.3, 0.4) is 0 Å². The van der Waals surface area contributed by atoms with E-state index in [9.17, 15) is 22.8 Å². The van der Waals surface area contributed by atoms with Crippen LogP contribution in [0.25, 0.3) is 0 Å². The molecule has 0 aromatic heterocycles. The van der Waals surface area contributed by atoms with Crippen molar-refractivity contribution in [2.24, 2.45) is 11.7 Å². The van der Waals surface area contributed by atoms with Gasteiger partial charge in [0.25, 0.3) is 5.91 Å². The van der Waals surface area contributed by atoms with Crippen LogP contribution in [-0.2, 0) is 9.59 Å². The minimum Gasteiger partial charge on any atom is -0.480 e. The minimum atomic E-state index is -4.94. The van der Waals surface area contributed by atoms with E-state index in [4.69, 9.17) is 10.8 Å². The number of carboxylic acids is 1. The van der Waals surface area contributed by atoms with Crippen LogP contribution in [0.5, 0.6) is 0 Å². The van der Waals surface area contributed by atoms with Crippen molar-refractivity contribution in [1.82, 2.24) is 4.90 Å². The lowest BCUT2D eigenvalue weighted by molar-refractivity contribution is -0.196. The van der Waals surface area contributed by atoms with Gasteiger partial charge in [-0.3, -0.25) is 4.79 Å². The summed E-state index contributed by atoms with van der Waals surface area (Å²) in [5.41, 5.74) is 2.03. The van der Waals surface area contributed by atoms with Crippen LogP contribution in [0.4, 0.5) is 13.2 Å². The molecule has 0 saturated carbocycles. The lowest BCUT2D eigenvalue weighted by atomic mass is 9.99. The van der Waals surface area contributed by atoms with Crippen molar-refractivity contribution in [3.8, 4) is 0 Å². The Bertz CT molecular complexity index is 412. The lowest BCUT2D eigenvalue weighted by Crippen LogP contribution is -2.65. The molecule has 0 radical (unpaired) electrons. The van der Waals surface area contributed by atoms with E-state index < -0.39 is 35.0 Å². The average molecular weight is 314 g/mol. The summed E-state index contributed by atoms with van der Waals surface area (Å²) in [4.78, 5) is 24.0. The van der Waals surface area contributed by atoms with Gasteiger partial charge in [-0.25, -0.2) is 4.79 Å². The third-order valence-corrected chi connectivity index (χ3v) is 4.78. The molecule has 1 aliphatic heterocycles. The number of hydrogen-bond donors (Lipinski definition) is 2. The number of thioether (sulfide) groups is 1. The molecule has 0 aromatic rings. The van der Waals surface area contributed by atoms with Gasteiger partial charge in [0, 0.05) is 5.75 Å². The summed E-state index contributed by atoms with van der Waals surface area (Å²) >= 11 is 1.15. The van der Waals surface area contributed by atoms with Gasteiger partial charge in [-0.2, -0.15) is 13.2 Å². The fourth-order valence-corrected chi connectivity index (χ4v) is 3.35. The van der Waals surface area contributed by atoms with Gasteiger partial charge < -0.3 is 15.7 Å². The zero-order valence-corrected chi connectivity index (χ0v) is 12.1. The summed E-state index contributed by atoms with van der Waals surface area (Å²) in [6.45, 7) is 3.99. The molecule has 1 saturated heterocycles. The summed E-state index contributed by atoms with van der Waals surface area (Å²) < 4.78 is 38.6. The average Bonchev–Trinajstić information content (AvgIpc) is 2.70. The molecule has 116 valence electrons. The van der Waals surface area contributed by atoms with Gasteiger partial charge in [0.2, 0.25) is 0 Å². The SMILES string of the molecule is CC(C)C1SCC(C(=O)O)N1C(=O)C(C)(N)C(F)(F)F. The van der Waals surface area contributed by atoms with Gasteiger partial charge in [0.15, 0.2) is 5.54 Å². The normalized spacial score (nSPS) is 26.7. The van der Waals surface area contributed by atoms with Crippen molar-refractivity contribution in [2.45, 2.75) is 43.9 Å². The van der Waals surface area contributed by atoms with Gasteiger partial charge in [-0.05, 0) is 12.8 Å². The van der Waals surface area contributed by atoms with Crippen LogP contribution in [0, 0.1) is 5.92 Å².